The largest absolute Gasteiger partial charge is 0.342 e. The minimum Gasteiger partial charge on any atom is -0.342 e. The predicted octanol–water partition coefficient (Wildman–Crippen LogP) is -0.757. The van der Waals surface area contributed by atoms with E-state index in [9.17, 15) is 13.2 Å². The maximum absolute atomic E-state index is 11.5. The van der Waals surface area contributed by atoms with Crippen LogP contribution in [0.15, 0.2) is 0 Å². The third-order valence-electron chi connectivity index (χ3n) is 2.35. The van der Waals surface area contributed by atoms with Crippen molar-refractivity contribution in [2.75, 3.05) is 38.2 Å². The highest BCUT2D eigenvalue weighted by atomic mass is 32.2. The van der Waals surface area contributed by atoms with Crippen molar-refractivity contribution in [2.24, 2.45) is 0 Å². The van der Waals surface area contributed by atoms with E-state index in [0.29, 0.717) is 19.5 Å². The Labute approximate surface area is 90.7 Å². The fourth-order valence-electron chi connectivity index (χ4n) is 1.58. The third-order valence-corrected chi connectivity index (χ3v) is 3.38. The molecule has 1 aliphatic rings. The van der Waals surface area contributed by atoms with E-state index in [-0.39, 0.29) is 11.7 Å². The first kappa shape index (κ1) is 12.4. The van der Waals surface area contributed by atoms with E-state index in [2.05, 4.69) is 5.32 Å². The Morgan fingerprint density at radius 1 is 1.47 bits per heavy atom. The molecule has 0 bridgehead atoms. The Morgan fingerprint density at radius 2 is 2.20 bits per heavy atom. The van der Waals surface area contributed by atoms with Crippen molar-refractivity contribution in [1.29, 1.82) is 0 Å². The molecule has 0 spiro atoms. The maximum Gasteiger partial charge on any atom is 0.236 e. The summed E-state index contributed by atoms with van der Waals surface area (Å²) in [6.07, 6.45) is 2.69. The third kappa shape index (κ3) is 5.13. The Bertz CT molecular complexity index is 313. The zero-order chi connectivity index (χ0) is 11.3. The van der Waals surface area contributed by atoms with Gasteiger partial charge in [-0.3, -0.25) is 4.79 Å². The van der Waals surface area contributed by atoms with Crippen LogP contribution in [-0.2, 0) is 14.6 Å². The highest BCUT2D eigenvalue weighted by Crippen LogP contribution is 2.00. The minimum absolute atomic E-state index is 0.0704. The Hall–Kier alpha value is -0.620. The number of sulfone groups is 1. The molecule has 0 atom stereocenters. The molecular formula is C9H18N2O3S. The summed E-state index contributed by atoms with van der Waals surface area (Å²) < 4.78 is 21.8. The van der Waals surface area contributed by atoms with Crippen LogP contribution in [0.3, 0.4) is 0 Å². The molecule has 0 unspecified atom stereocenters. The summed E-state index contributed by atoms with van der Waals surface area (Å²) in [6, 6.07) is 0. The number of hydrogen-bond acceptors (Lipinski definition) is 4. The summed E-state index contributed by atoms with van der Waals surface area (Å²) >= 11 is 0. The van der Waals surface area contributed by atoms with Gasteiger partial charge in [0.15, 0.2) is 0 Å². The first-order valence-electron chi connectivity index (χ1n) is 5.15. The standard InChI is InChI=1S/C9H18N2O3S/c1-15(13,14)7-3-6-11-5-2-4-10-8-9(11)12/h10H,2-8H2,1H3. The van der Waals surface area contributed by atoms with E-state index in [4.69, 9.17) is 0 Å². The van der Waals surface area contributed by atoms with Gasteiger partial charge in [0.25, 0.3) is 0 Å². The predicted molar refractivity (Wildman–Crippen MR) is 58.4 cm³/mol. The van der Waals surface area contributed by atoms with Gasteiger partial charge in [-0.15, -0.1) is 0 Å². The quantitative estimate of drug-likeness (QED) is 0.694. The number of nitrogens with zero attached hydrogens (tertiary/aromatic N) is 1. The van der Waals surface area contributed by atoms with Gasteiger partial charge in [0.2, 0.25) is 5.91 Å². The second-order valence-electron chi connectivity index (χ2n) is 3.89. The SMILES string of the molecule is CS(=O)(=O)CCCN1CCCNCC1=O. The molecule has 1 fully saturated rings. The molecular weight excluding hydrogens is 216 g/mol. The van der Waals surface area contributed by atoms with E-state index in [1.165, 1.54) is 6.26 Å². The molecule has 1 rings (SSSR count). The number of nitrogens with one attached hydrogen (secondary N) is 1. The molecule has 0 radical (unpaired) electrons. The molecule has 6 heteroatoms. The van der Waals surface area contributed by atoms with Crippen LogP contribution in [0, 0.1) is 0 Å². The average Bonchev–Trinajstić information content (AvgIpc) is 2.30. The van der Waals surface area contributed by atoms with E-state index < -0.39 is 9.84 Å². The van der Waals surface area contributed by atoms with Gasteiger partial charge >= 0.3 is 0 Å². The zero-order valence-electron chi connectivity index (χ0n) is 9.03. The fraction of sp³-hybridized carbons (Fsp3) is 0.889. The topological polar surface area (TPSA) is 66.5 Å². The van der Waals surface area contributed by atoms with E-state index in [0.717, 1.165) is 19.5 Å². The van der Waals surface area contributed by atoms with Crippen LogP contribution in [0.1, 0.15) is 12.8 Å². The Morgan fingerprint density at radius 3 is 2.87 bits per heavy atom. The highest BCUT2D eigenvalue weighted by Gasteiger charge is 2.15. The molecule has 5 nitrogen and oxygen atoms in total. The zero-order valence-corrected chi connectivity index (χ0v) is 9.85. The number of rotatable bonds is 4. The maximum atomic E-state index is 11.5. The smallest absolute Gasteiger partial charge is 0.236 e. The monoisotopic (exact) mass is 234 g/mol. The van der Waals surface area contributed by atoms with Crippen molar-refractivity contribution in [3.63, 3.8) is 0 Å². The second-order valence-corrected chi connectivity index (χ2v) is 6.15. The van der Waals surface area contributed by atoms with Crippen LogP contribution in [-0.4, -0.2) is 57.4 Å². The summed E-state index contributed by atoms with van der Waals surface area (Å²) in [4.78, 5) is 13.2. The molecule has 0 aromatic heterocycles. The first-order chi connectivity index (χ1) is 6.99. The molecule has 0 saturated carbocycles. The number of hydrogen-bond donors (Lipinski definition) is 1. The summed E-state index contributed by atoms with van der Waals surface area (Å²) in [7, 11) is -2.91. The molecule has 1 heterocycles. The fourth-order valence-corrected chi connectivity index (χ4v) is 2.23. The first-order valence-corrected chi connectivity index (χ1v) is 7.21. The Balaban J connectivity index is 2.33. The van der Waals surface area contributed by atoms with Crippen molar-refractivity contribution < 1.29 is 13.2 Å². The van der Waals surface area contributed by atoms with Crippen LogP contribution < -0.4 is 5.32 Å². The van der Waals surface area contributed by atoms with Gasteiger partial charge in [0.1, 0.15) is 9.84 Å². The van der Waals surface area contributed by atoms with Gasteiger partial charge in [0.05, 0.1) is 12.3 Å². The highest BCUT2D eigenvalue weighted by molar-refractivity contribution is 7.90. The van der Waals surface area contributed by atoms with Crippen molar-refractivity contribution in [2.45, 2.75) is 12.8 Å². The van der Waals surface area contributed by atoms with Gasteiger partial charge in [0, 0.05) is 19.3 Å². The molecule has 1 aliphatic heterocycles. The van der Waals surface area contributed by atoms with Gasteiger partial charge in [-0.2, -0.15) is 0 Å². The molecule has 1 amide bonds. The van der Waals surface area contributed by atoms with Gasteiger partial charge in [-0.25, -0.2) is 8.42 Å². The normalized spacial score (nSPS) is 19.0. The van der Waals surface area contributed by atoms with Gasteiger partial charge in [-0.05, 0) is 19.4 Å². The number of carbonyl (C=O) groups is 1. The molecule has 1 N–H and O–H groups in total. The van der Waals surface area contributed by atoms with Crippen LogP contribution in [0.5, 0.6) is 0 Å². The lowest BCUT2D eigenvalue weighted by atomic mass is 10.3. The summed E-state index contributed by atoms with van der Waals surface area (Å²) in [5, 5.41) is 3.02. The Kier molecular flexibility index (Phi) is 4.53. The van der Waals surface area contributed by atoms with Crippen LogP contribution in [0.4, 0.5) is 0 Å². The number of carbonyl (C=O) groups excluding carboxylic acids is 1. The lowest BCUT2D eigenvalue weighted by Crippen LogP contribution is -2.36. The molecule has 0 aromatic rings. The number of amides is 1. The molecule has 0 aromatic carbocycles. The summed E-state index contributed by atoms with van der Waals surface area (Å²) in [5.41, 5.74) is 0. The lowest BCUT2D eigenvalue weighted by Gasteiger charge is -2.19. The summed E-state index contributed by atoms with van der Waals surface area (Å²) in [5.74, 6) is 0.227. The minimum atomic E-state index is -2.91. The lowest BCUT2D eigenvalue weighted by molar-refractivity contribution is -0.129. The van der Waals surface area contributed by atoms with Crippen molar-refractivity contribution in [3.05, 3.63) is 0 Å². The molecule has 1 saturated heterocycles. The molecule has 0 aliphatic carbocycles. The average molecular weight is 234 g/mol. The second kappa shape index (κ2) is 5.46. The summed E-state index contributed by atoms with van der Waals surface area (Å²) in [6.45, 7) is 2.51. The van der Waals surface area contributed by atoms with E-state index >= 15 is 0 Å². The van der Waals surface area contributed by atoms with Crippen molar-refractivity contribution in [1.82, 2.24) is 10.2 Å². The molecule has 15 heavy (non-hydrogen) atoms. The van der Waals surface area contributed by atoms with E-state index in [1.807, 2.05) is 0 Å². The van der Waals surface area contributed by atoms with Crippen LogP contribution in [0.2, 0.25) is 0 Å². The van der Waals surface area contributed by atoms with Crippen LogP contribution >= 0.6 is 0 Å². The van der Waals surface area contributed by atoms with Gasteiger partial charge < -0.3 is 10.2 Å². The van der Waals surface area contributed by atoms with Gasteiger partial charge in [-0.1, -0.05) is 0 Å². The van der Waals surface area contributed by atoms with E-state index in [1.54, 1.807) is 4.90 Å². The van der Waals surface area contributed by atoms with Crippen LogP contribution in [0.25, 0.3) is 0 Å². The molecule has 88 valence electrons. The van der Waals surface area contributed by atoms with Crippen molar-refractivity contribution in [3.8, 4) is 0 Å². The van der Waals surface area contributed by atoms with Crippen molar-refractivity contribution >= 4 is 15.7 Å².